The lowest BCUT2D eigenvalue weighted by molar-refractivity contribution is 0.1000. The number of rotatable bonds is 5. The summed E-state index contributed by atoms with van der Waals surface area (Å²) in [6.07, 6.45) is 0. The molecule has 150 valence electrons. The second kappa shape index (κ2) is 8.16. The minimum Gasteiger partial charge on any atom is -0.366 e. The maximum Gasteiger partial charge on any atom is 0.266 e. The summed E-state index contributed by atoms with van der Waals surface area (Å²) < 4.78 is 1.70. The molecule has 0 saturated heterocycles. The molecule has 5 nitrogen and oxygen atoms in total. The van der Waals surface area contributed by atoms with Crippen LogP contribution in [0.4, 0.5) is 0 Å². The Bertz CT molecular complexity index is 1310. The molecule has 30 heavy (non-hydrogen) atoms. The average molecular weight is 416 g/mol. The number of fused-ring (bicyclic) bond motifs is 1. The van der Waals surface area contributed by atoms with Crippen molar-refractivity contribution in [2.24, 2.45) is 5.73 Å². The van der Waals surface area contributed by atoms with E-state index in [4.69, 9.17) is 10.7 Å². The Morgan fingerprint density at radius 3 is 2.43 bits per heavy atom. The normalized spacial score (nSPS) is 11.0. The van der Waals surface area contributed by atoms with Crippen LogP contribution in [0.1, 0.15) is 27.0 Å². The number of primary amides is 1. The molecule has 0 radical (unpaired) electrons. The molecule has 0 saturated carbocycles. The van der Waals surface area contributed by atoms with Crippen LogP contribution in [0.2, 0.25) is 0 Å². The van der Waals surface area contributed by atoms with Crippen molar-refractivity contribution in [1.29, 1.82) is 0 Å². The maximum absolute atomic E-state index is 13.5. The molecular weight excluding hydrogens is 394 g/mol. The lowest BCUT2D eigenvalue weighted by Crippen LogP contribution is -2.23. The summed E-state index contributed by atoms with van der Waals surface area (Å²) in [7, 11) is 0. The fourth-order valence-electron chi connectivity index (χ4n) is 3.53. The molecule has 4 aromatic rings. The predicted molar refractivity (Wildman–Crippen MR) is 121 cm³/mol. The summed E-state index contributed by atoms with van der Waals surface area (Å²) in [5, 5.41) is 1.20. The van der Waals surface area contributed by atoms with Gasteiger partial charge in [-0.1, -0.05) is 54.2 Å². The van der Waals surface area contributed by atoms with E-state index in [9.17, 15) is 9.59 Å². The van der Waals surface area contributed by atoms with Crippen molar-refractivity contribution in [1.82, 2.24) is 9.55 Å². The molecular formula is C24H21N3O2S. The van der Waals surface area contributed by atoms with Crippen molar-refractivity contribution in [3.05, 3.63) is 99.3 Å². The molecule has 1 amide bonds. The quantitative estimate of drug-likeness (QED) is 0.387. The smallest absolute Gasteiger partial charge is 0.266 e. The highest BCUT2D eigenvalue weighted by molar-refractivity contribution is 7.98. The molecule has 6 heteroatoms. The topological polar surface area (TPSA) is 78.0 Å². The number of aromatic nitrogens is 2. The van der Waals surface area contributed by atoms with E-state index in [0.717, 1.165) is 22.4 Å². The van der Waals surface area contributed by atoms with Crippen molar-refractivity contribution in [2.75, 3.05) is 0 Å². The van der Waals surface area contributed by atoms with Crippen molar-refractivity contribution in [3.63, 3.8) is 0 Å². The fraction of sp³-hybridized carbons (Fsp3) is 0.125. The van der Waals surface area contributed by atoms with Crippen molar-refractivity contribution in [2.45, 2.75) is 24.8 Å². The molecule has 4 rings (SSSR count). The number of aryl methyl sites for hydroxylation is 2. The van der Waals surface area contributed by atoms with Gasteiger partial charge < -0.3 is 5.73 Å². The summed E-state index contributed by atoms with van der Waals surface area (Å²) in [4.78, 5) is 29.7. The molecule has 0 atom stereocenters. The van der Waals surface area contributed by atoms with Crippen molar-refractivity contribution < 1.29 is 4.79 Å². The number of nitrogens with two attached hydrogens (primary N) is 1. The first-order valence-corrected chi connectivity index (χ1v) is 10.5. The molecule has 0 fully saturated rings. The van der Waals surface area contributed by atoms with Crippen LogP contribution in [0.5, 0.6) is 0 Å². The molecule has 0 unspecified atom stereocenters. The monoisotopic (exact) mass is 415 g/mol. The standard InChI is InChI=1S/C24H21N3O2S/c1-15-7-5-8-16(2)21(15)27-23(29)19-11-3-4-12-20(19)26-24(27)30-14-17-9-6-10-18(13-17)22(25)28/h3-13H,14H2,1-2H3,(H2,25,28). The zero-order valence-electron chi connectivity index (χ0n) is 16.8. The highest BCUT2D eigenvalue weighted by Crippen LogP contribution is 2.27. The minimum atomic E-state index is -0.460. The van der Waals surface area contributed by atoms with E-state index in [2.05, 4.69) is 0 Å². The van der Waals surface area contributed by atoms with Crippen LogP contribution in [0.15, 0.2) is 76.7 Å². The maximum atomic E-state index is 13.5. The third kappa shape index (κ3) is 3.74. The van der Waals surface area contributed by atoms with E-state index in [1.165, 1.54) is 11.8 Å². The SMILES string of the molecule is Cc1cccc(C)c1-n1c(SCc2cccc(C(N)=O)c2)nc2ccccc2c1=O. The third-order valence-electron chi connectivity index (χ3n) is 4.99. The van der Waals surface area contributed by atoms with Crippen LogP contribution < -0.4 is 11.3 Å². The highest BCUT2D eigenvalue weighted by Gasteiger charge is 2.16. The summed E-state index contributed by atoms with van der Waals surface area (Å²) in [6, 6.07) is 20.6. The molecule has 0 spiro atoms. The molecule has 0 aliphatic heterocycles. The second-order valence-corrected chi connectivity index (χ2v) is 8.09. The van der Waals surface area contributed by atoms with Gasteiger partial charge in [0.25, 0.3) is 5.56 Å². The number of amides is 1. The fourth-order valence-corrected chi connectivity index (χ4v) is 4.47. The Morgan fingerprint density at radius 2 is 1.70 bits per heavy atom. The summed E-state index contributed by atoms with van der Waals surface area (Å²) in [5.41, 5.74) is 10.2. The van der Waals surface area contributed by atoms with Gasteiger partial charge in [0.1, 0.15) is 0 Å². The van der Waals surface area contributed by atoms with Gasteiger partial charge in [-0.2, -0.15) is 0 Å². The van der Waals surface area contributed by atoms with E-state index in [-0.39, 0.29) is 5.56 Å². The Labute approximate surface area is 178 Å². The van der Waals surface area contributed by atoms with Crippen LogP contribution in [-0.4, -0.2) is 15.5 Å². The largest absolute Gasteiger partial charge is 0.366 e. The number of nitrogens with zero attached hydrogens (tertiary/aromatic N) is 2. The van der Waals surface area contributed by atoms with E-state index in [1.54, 1.807) is 22.8 Å². The Kier molecular flexibility index (Phi) is 5.42. The first-order chi connectivity index (χ1) is 14.5. The zero-order valence-corrected chi connectivity index (χ0v) is 17.6. The van der Waals surface area contributed by atoms with E-state index in [1.807, 2.05) is 62.4 Å². The van der Waals surface area contributed by atoms with Gasteiger partial charge in [0.15, 0.2) is 5.16 Å². The second-order valence-electron chi connectivity index (χ2n) is 7.15. The van der Waals surface area contributed by atoms with Crippen LogP contribution in [0, 0.1) is 13.8 Å². The van der Waals surface area contributed by atoms with Gasteiger partial charge in [0, 0.05) is 11.3 Å². The van der Waals surface area contributed by atoms with Gasteiger partial charge in [-0.3, -0.25) is 14.2 Å². The van der Waals surface area contributed by atoms with Crippen LogP contribution >= 0.6 is 11.8 Å². The number of hydrogen-bond donors (Lipinski definition) is 1. The molecule has 1 aromatic heterocycles. The van der Waals surface area contributed by atoms with Gasteiger partial charge in [0.05, 0.1) is 16.6 Å². The van der Waals surface area contributed by atoms with Crippen molar-refractivity contribution >= 4 is 28.6 Å². The minimum absolute atomic E-state index is 0.0913. The number of para-hydroxylation sites is 2. The van der Waals surface area contributed by atoms with Crippen molar-refractivity contribution in [3.8, 4) is 5.69 Å². The Morgan fingerprint density at radius 1 is 1.00 bits per heavy atom. The first kappa shape index (κ1) is 19.9. The average Bonchev–Trinajstić information content (AvgIpc) is 2.74. The van der Waals surface area contributed by atoms with Gasteiger partial charge in [-0.25, -0.2) is 4.98 Å². The van der Waals surface area contributed by atoms with Crippen LogP contribution in [0.25, 0.3) is 16.6 Å². The van der Waals surface area contributed by atoms with E-state index >= 15 is 0 Å². The summed E-state index contributed by atoms with van der Waals surface area (Å²) >= 11 is 1.46. The van der Waals surface area contributed by atoms with Gasteiger partial charge in [-0.05, 0) is 54.8 Å². The summed E-state index contributed by atoms with van der Waals surface area (Å²) in [6.45, 7) is 3.99. The molecule has 0 bridgehead atoms. The number of benzene rings is 3. The predicted octanol–water partition coefficient (Wildman–Crippen LogP) is 4.39. The number of carbonyl (C=O) groups excluding carboxylic acids is 1. The first-order valence-electron chi connectivity index (χ1n) is 9.55. The third-order valence-corrected chi connectivity index (χ3v) is 6.00. The van der Waals surface area contributed by atoms with E-state index < -0.39 is 5.91 Å². The Balaban J connectivity index is 1.85. The Hall–Kier alpha value is -3.38. The number of carbonyl (C=O) groups is 1. The van der Waals surface area contributed by atoms with Gasteiger partial charge >= 0.3 is 0 Å². The molecule has 0 aliphatic rings. The van der Waals surface area contributed by atoms with Gasteiger partial charge in [-0.15, -0.1) is 0 Å². The zero-order chi connectivity index (χ0) is 21.3. The summed E-state index contributed by atoms with van der Waals surface area (Å²) in [5.74, 6) is 0.0923. The lowest BCUT2D eigenvalue weighted by Gasteiger charge is -2.17. The lowest BCUT2D eigenvalue weighted by atomic mass is 10.1. The molecule has 2 N–H and O–H groups in total. The number of hydrogen-bond acceptors (Lipinski definition) is 4. The van der Waals surface area contributed by atoms with Crippen LogP contribution in [0.3, 0.4) is 0 Å². The number of thioether (sulfide) groups is 1. The van der Waals surface area contributed by atoms with Gasteiger partial charge in [0.2, 0.25) is 5.91 Å². The molecule has 1 heterocycles. The van der Waals surface area contributed by atoms with Crippen LogP contribution in [-0.2, 0) is 5.75 Å². The molecule has 0 aliphatic carbocycles. The van der Waals surface area contributed by atoms with E-state index in [0.29, 0.717) is 27.4 Å². The molecule has 3 aromatic carbocycles. The highest BCUT2D eigenvalue weighted by atomic mass is 32.2.